The molecule has 0 fully saturated rings. The second-order valence-corrected chi connectivity index (χ2v) is 5.45. The normalized spacial score (nSPS) is 11.6. The summed E-state index contributed by atoms with van der Waals surface area (Å²) in [6, 6.07) is 14.6. The maximum atomic E-state index is 11.7. The summed E-state index contributed by atoms with van der Waals surface area (Å²) in [6.45, 7) is 0. The minimum Gasteiger partial charge on any atom is -0.181 e. The van der Waals surface area contributed by atoms with Crippen molar-refractivity contribution < 1.29 is 17.4 Å². The van der Waals surface area contributed by atoms with Crippen LogP contribution in [0.3, 0.4) is 0 Å². The van der Waals surface area contributed by atoms with E-state index in [2.05, 4.69) is 0 Å². The van der Waals surface area contributed by atoms with Crippen molar-refractivity contribution in [3.8, 4) is 0 Å². The zero-order valence-corrected chi connectivity index (χ0v) is 11.0. The van der Waals surface area contributed by atoms with E-state index < -0.39 is 10.1 Å². The van der Waals surface area contributed by atoms with E-state index in [1.54, 1.807) is 30.4 Å². The van der Waals surface area contributed by atoms with Crippen molar-refractivity contribution in [2.24, 2.45) is 0 Å². The Kier molecular flexibility index (Phi) is 4.30. The molecule has 2 aromatic rings. The smallest absolute Gasteiger partial charge is 0.181 e. The third-order valence-corrected chi connectivity index (χ3v) is 3.30. The van der Waals surface area contributed by atoms with Crippen molar-refractivity contribution >= 4 is 16.2 Å². The first-order valence-electron chi connectivity index (χ1n) is 5.76. The maximum Gasteiger partial charge on any atom is 0.370 e. The SMILES string of the molecule is O=S(=O)(C/C=C/c1ccccc1)O[n+]1ccccc1. The van der Waals surface area contributed by atoms with Crippen molar-refractivity contribution in [3.05, 3.63) is 72.6 Å². The highest BCUT2D eigenvalue weighted by atomic mass is 32.2. The van der Waals surface area contributed by atoms with Crippen LogP contribution in [-0.2, 0) is 10.1 Å². The highest BCUT2D eigenvalue weighted by Crippen LogP contribution is 2.01. The molecule has 2 rings (SSSR count). The second kappa shape index (κ2) is 6.15. The van der Waals surface area contributed by atoms with E-state index in [1.165, 1.54) is 12.4 Å². The van der Waals surface area contributed by atoms with Crippen LogP contribution < -0.4 is 9.01 Å². The Morgan fingerprint density at radius 1 is 1.00 bits per heavy atom. The zero-order chi connectivity index (χ0) is 13.6. The molecule has 19 heavy (non-hydrogen) atoms. The lowest BCUT2D eigenvalue weighted by Gasteiger charge is -1.96. The number of pyridine rings is 1. The van der Waals surface area contributed by atoms with E-state index in [9.17, 15) is 8.42 Å². The average molecular weight is 276 g/mol. The molecule has 0 spiro atoms. The van der Waals surface area contributed by atoms with Crippen molar-refractivity contribution in [2.75, 3.05) is 5.75 Å². The van der Waals surface area contributed by atoms with E-state index >= 15 is 0 Å². The number of hydrogen-bond acceptors (Lipinski definition) is 3. The fourth-order valence-corrected chi connectivity index (χ4v) is 2.21. The van der Waals surface area contributed by atoms with Crippen molar-refractivity contribution in [2.45, 2.75) is 0 Å². The van der Waals surface area contributed by atoms with Crippen LogP contribution in [0.4, 0.5) is 0 Å². The summed E-state index contributed by atoms with van der Waals surface area (Å²) in [4.78, 5) is 0. The number of aromatic nitrogens is 1. The molecule has 0 aliphatic heterocycles. The number of nitrogens with zero attached hydrogens (tertiary/aromatic N) is 1. The lowest BCUT2D eigenvalue weighted by molar-refractivity contribution is -0.856. The van der Waals surface area contributed by atoms with Gasteiger partial charge in [-0.3, -0.25) is 0 Å². The topological polar surface area (TPSA) is 47.3 Å². The van der Waals surface area contributed by atoms with Crippen LogP contribution in [0.1, 0.15) is 5.56 Å². The molecule has 4 nitrogen and oxygen atoms in total. The fourth-order valence-electron chi connectivity index (χ4n) is 1.46. The zero-order valence-electron chi connectivity index (χ0n) is 10.2. The standard InChI is InChI=1S/C14H14NO3S/c16-19(17,18-15-11-5-2-6-12-15)13-7-10-14-8-3-1-4-9-14/h1-12H,13H2/q+1/b10-7+. The van der Waals surface area contributed by atoms with Gasteiger partial charge in [-0.2, -0.15) is 8.42 Å². The molecule has 0 aliphatic rings. The quantitative estimate of drug-likeness (QED) is 0.777. The Morgan fingerprint density at radius 2 is 1.63 bits per heavy atom. The van der Waals surface area contributed by atoms with E-state index in [0.717, 1.165) is 10.3 Å². The lowest BCUT2D eigenvalue weighted by Crippen LogP contribution is -2.45. The van der Waals surface area contributed by atoms with Crippen molar-refractivity contribution in [1.29, 1.82) is 0 Å². The van der Waals surface area contributed by atoms with Gasteiger partial charge in [0.15, 0.2) is 0 Å². The highest BCUT2D eigenvalue weighted by Gasteiger charge is 2.15. The minimum absolute atomic E-state index is 0.177. The Balaban J connectivity index is 1.97. The molecule has 0 saturated heterocycles. The predicted octanol–water partition coefficient (Wildman–Crippen LogP) is 1.45. The monoisotopic (exact) mass is 276 g/mol. The van der Waals surface area contributed by atoms with Crippen LogP contribution in [0.2, 0.25) is 0 Å². The van der Waals surface area contributed by atoms with Crippen LogP contribution >= 0.6 is 0 Å². The number of hydrogen-bond donors (Lipinski definition) is 0. The first kappa shape index (κ1) is 13.3. The molecule has 0 atom stereocenters. The summed E-state index contributed by atoms with van der Waals surface area (Å²) in [5.74, 6) is -0.177. The molecule has 0 amide bonds. The third kappa shape index (κ3) is 4.56. The Morgan fingerprint density at radius 3 is 2.32 bits per heavy atom. The Bertz CT molecular complexity index is 637. The van der Waals surface area contributed by atoms with Gasteiger partial charge in [0, 0.05) is 16.9 Å². The Hall–Kier alpha value is -2.14. The molecule has 0 N–H and O–H groups in total. The molecule has 1 aromatic carbocycles. The molecule has 1 aromatic heterocycles. The van der Waals surface area contributed by atoms with Crippen molar-refractivity contribution in [1.82, 2.24) is 0 Å². The minimum atomic E-state index is -3.63. The molecule has 5 heteroatoms. The molecule has 0 saturated carbocycles. The van der Waals surface area contributed by atoms with Crippen LogP contribution in [0.25, 0.3) is 6.08 Å². The van der Waals surface area contributed by atoms with Gasteiger partial charge in [0.05, 0.1) is 0 Å². The van der Waals surface area contributed by atoms with Crippen LogP contribution in [0.15, 0.2) is 67.0 Å². The largest absolute Gasteiger partial charge is 0.370 e. The average Bonchev–Trinajstić information content (AvgIpc) is 2.40. The van der Waals surface area contributed by atoms with Crippen LogP contribution in [0, 0.1) is 0 Å². The van der Waals surface area contributed by atoms with Gasteiger partial charge < -0.3 is 0 Å². The molecule has 1 heterocycles. The molecule has 0 aliphatic carbocycles. The molecule has 0 bridgehead atoms. The highest BCUT2D eigenvalue weighted by molar-refractivity contribution is 7.86. The second-order valence-electron chi connectivity index (χ2n) is 3.85. The number of rotatable bonds is 5. The van der Waals surface area contributed by atoms with Gasteiger partial charge in [-0.05, 0) is 5.56 Å². The van der Waals surface area contributed by atoms with Crippen LogP contribution in [0.5, 0.6) is 0 Å². The van der Waals surface area contributed by atoms with E-state index in [4.69, 9.17) is 4.28 Å². The first-order valence-corrected chi connectivity index (χ1v) is 7.34. The molecule has 0 unspecified atom stereocenters. The summed E-state index contributed by atoms with van der Waals surface area (Å²) in [7, 11) is -3.63. The van der Waals surface area contributed by atoms with Gasteiger partial charge >= 0.3 is 10.1 Å². The van der Waals surface area contributed by atoms with Crippen molar-refractivity contribution in [3.63, 3.8) is 0 Å². The molecular formula is C14H14NO3S+. The summed E-state index contributed by atoms with van der Waals surface area (Å²) < 4.78 is 29.4. The molecular weight excluding hydrogens is 262 g/mol. The van der Waals surface area contributed by atoms with Gasteiger partial charge in [0.2, 0.25) is 12.4 Å². The summed E-state index contributed by atoms with van der Waals surface area (Å²) in [6.07, 6.45) is 6.36. The van der Waals surface area contributed by atoms with E-state index in [-0.39, 0.29) is 5.75 Å². The summed E-state index contributed by atoms with van der Waals surface area (Å²) in [5, 5.41) is 0. The van der Waals surface area contributed by atoms with Gasteiger partial charge in [-0.25, -0.2) is 0 Å². The lowest BCUT2D eigenvalue weighted by atomic mass is 10.2. The fraction of sp³-hybridized carbons (Fsp3) is 0.0714. The Labute approximate surface area is 112 Å². The predicted molar refractivity (Wildman–Crippen MR) is 72.5 cm³/mol. The van der Waals surface area contributed by atoms with E-state index in [1.807, 2.05) is 30.3 Å². The van der Waals surface area contributed by atoms with E-state index in [0.29, 0.717) is 0 Å². The van der Waals surface area contributed by atoms with Gasteiger partial charge in [-0.1, -0.05) is 48.6 Å². The maximum absolute atomic E-state index is 11.7. The van der Waals surface area contributed by atoms with Gasteiger partial charge in [0.25, 0.3) is 0 Å². The van der Waals surface area contributed by atoms with Gasteiger partial charge in [-0.15, -0.1) is 4.28 Å². The summed E-state index contributed by atoms with van der Waals surface area (Å²) >= 11 is 0. The number of benzene rings is 1. The molecule has 0 radical (unpaired) electrons. The third-order valence-electron chi connectivity index (χ3n) is 2.30. The first-order chi connectivity index (χ1) is 9.16. The van der Waals surface area contributed by atoms with Crippen LogP contribution in [-0.4, -0.2) is 14.2 Å². The summed E-state index contributed by atoms with van der Waals surface area (Å²) in [5.41, 5.74) is 0.949. The van der Waals surface area contributed by atoms with Gasteiger partial charge in [0.1, 0.15) is 5.75 Å². The molecule has 98 valence electrons.